The topological polar surface area (TPSA) is 50.4 Å². The molecule has 0 atom stereocenters. The van der Waals surface area contributed by atoms with Crippen LogP contribution in [-0.4, -0.2) is 19.7 Å². The van der Waals surface area contributed by atoms with Gasteiger partial charge in [0, 0.05) is 12.2 Å². The molecule has 2 amide bonds. The van der Waals surface area contributed by atoms with Crippen LogP contribution in [0.1, 0.15) is 11.1 Å². The van der Waals surface area contributed by atoms with Crippen LogP contribution in [0.25, 0.3) is 0 Å². The van der Waals surface area contributed by atoms with Crippen molar-refractivity contribution in [2.75, 3.05) is 19.0 Å². The van der Waals surface area contributed by atoms with Crippen LogP contribution in [0.4, 0.5) is 14.9 Å². The molecule has 0 spiro atoms. The van der Waals surface area contributed by atoms with E-state index in [2.05, 4.69) is 26.6 Å². The van der Waals surface area contributed by atoms with Gasteiger partial charge in [0.05, 0.1) is 11.6 Å². The standard InChI is InChI=1S/C17H18BrFN2O2/c1-11-3-5-13(10-15(11)19)21-17(22)20-8-7-12-4-6-16(23-2)14(18)9-12/h3-6,9-10H,7-8H2,1-2H3,(H2,20,21,22). The Bertz CT molecular complexity index is 707. The average Bonchev–Trinajstić information content (AvgIpc) is 2.51. The van der Waals surface area contributed by atoms with Crippen molar-refractivity contribution >= 4 is 27.6 Å². The van der Waals surface area contributed by atoms with Crippen LogP contribution < -0.4 is 15.4 Å². The molecule has 0 aromatic heterocycles. The SMILES string of the molecule is COc1ccc(CCNC(=O)Nc2ccc(C)c(F)c2)cc1Br. The fourth-order valence-electron chi connectivity index (χ4n) is 2.03. The summed E-state index contributed by atoms with van der Waals surface area (Å²) in [7, 11) is 1.61. The first-order valence-electron chi connectivity index (χ1n) is 7.13. The summed E-state index contributed by atoms with van der Waals surface area (Å²) in [6.07, 6.45) is 0.679. The Morgan fingerprint density at radius 3 is 2.70 bits per heavy atom. The van der Waals surface area contributed by atoms with Gasteiger partial charge in [-0.2, -0.15) is 0 Å². The van der Waals surface area contributed by atoms with E-state index in [4.69, 9.17) is 4.74 Å². The first-order chi connectivity index (χ1) is 11.0. The van der Waals surface area contributed by atoms with Gasteiger partial charge in [-0.15, -0.1) is 0 Å². The molecule has 2 aromatic rings. The van der Waals surface area contributed by atoms with E-state index in [-0.39, 0.29) is 11.8 Å². The molecule has 0 saturated heterocycles. The number of amides is 2. The smallest absolute Gasteiger partial charge is 0.319 e. The minimum absolute atomic E-state index is 0.342. The van der Waals surface area contributed by atoms with Gasteiger partial charge < -0.3 is 15.4 Å². The fourth-order valence-corrected chi connectivity index (χ4v) is 2.62. The fraction of sp³-hybridized carbons (Fsp3) is 0.235. The summed E-state index contributed by atoms with van der Waals surface area (Å²) in [4.78, 5) is 11.8. The number of aryl methyl sites for hydroxylation is 1. The minimum Gasteiger partial charge on any atom is -0.496 e. The van der Waals surface area contributed by atoms with Gasteiger partial charge in [-0.3, -0.25) is 0 Å². The highest BCUT2D eigenvalue weighted by Gasteiger charge is 2.05. The van der Waals surface area contributed by atoms with Crippen molar-refractivity contribution in [3.8, 4) is 5.75 Å². The highest BCUT2D eigenvalue weighted by atomic mass is 79.9. The molecule has 0 aliphatic heterocycles. The monoisotopic (exact) mass is 380 g/mol. The van der Waals surface area contributed by atoms with Crippen molar-refractivity contribution in [3.05, 3.63) is 57.8 Å². The minimum atomic E-state index is -0.360. The lowest BCUT2D eigenvalue weighted by Gasteiger charge is -2.09. The van der Waals surface area contributed by atoms with Crippen LogP contribution in [0.2, 0.25) is 0 Å². The normalized spacial score (nSPS) is 10.3. The Kier molecular flexibility index (Phi) is 5.98. The molecule has 0 unspecified atom stereocenters. The molecule has 2 N–H and O–H groups in total. The lowest BCUT2D eigenvalue weighted by molar-refractivity contribution is 0.252. The molecule has 0 fully saturated rings. The van der Waals surface area contributed by atoms with Gasteiger partial charge in [0.1, 0.15) is 11.6 Å². The Morgan fingerprint density at radius 1 is 1.26 bits per heavy atom. The van der Waals surface area contributed by atoms with Crippen LogP contribution in [-0.2, 0) is 6.42 Å². The molecule has 0 radical (unpaired) electrons. The van der Waals surface area contributed by atoms with Crippen LogP contribution in [0.3, 0.4) is 0 Å². The molecule has 0 bridgehead atoms. The maximum atomic E-state index is 13.4. The maximum absolute atomic E-state index is 13.4. The van der Waals surface area contributed by atoms with Gasteiger partial charge in [0.2, 0.25) is 0 Å². The van der Waals surface area contributed by atoms with E-state index < -0.39 is 0 Å². The van der Waals surface area contributed by atoms with Gasteiger partial charge in [0.15, 0.2) is 0 Å². The van der Waals surface area contributed by atoms with Gasteiger partial charge >= 0.3 is 6.03 Å². The average molecular weight is 381 g/mol. The zero-order valence-electron chi connectivity index (χ0n) is 13.0. The number of hydrogen-bond donors (Lipinski definition) is 2. The van der Waals surface area contributed by atoms with Crippen molar-refractivity contribution in [2.45, 2.75) is 13.3 Å². The second-order valence-corrected chi connectivity index (χ2v) is 5.92. The van der Waals surface area contributed by atoms with E-state index in [1.165, 1.54) is 6.07 Å². The highest BCUT2D eigenvalue weighted by Crippen LogP contribution is 2.25. The van der Waals surface area contributed by atoms with Gasteiger partial charge in [0.25, 0.3) is 0 Å². The number of carbonyl (C=O) groups is 1. The summed E-state index contributed by atoms with van der Waals surface area (Å²) in [5.41, 5.74) is 2.04. The lowest BCUT2D eigenvalue weighted by atomic mass is 10.1. The zero-order valence-corrected chi connectivity index (χ0v) is 14.5. The van der Waals surface area contributed by atoms with E-state index >= 15 is 0 Å². The second-order valence-electron chi connectivity index (χ2n) is 5.06. The van der Waals surface area contributed by atoms with Gasteiger partial charge in [-0.25, -0.2) is 9.18 Å². The quantitative estimate of drug-likeness (QED) is 0.813. The Morgan fingerprint density at radius 2 is 2.04 bits per heavy atom. The van der Waals surface area contributed by atoms with Crippen LogP contribution >= 0.6 is 15.9 Å². The van der Waals surface area contributed by atoms with Crippen molar-refractivity contribution in [1.29, 1.82) is 0 Å². The van der Waals surface area contributed by atoms with Gasteiger partial charge in [-0.1, -0.05) is 12.1 Å². The predicted octanol–water partition coefficient (Wildman–Crippen LogP) is 4.27. The van der Waals surface area contributed by atoms with E-state index in [0.717, 1.165) is 15.8 Å². The third-order valence-corrected chi connectivity index (χ3v) is 3.96. The summed E-state index contributed by atoms with van der Waals surface area (Å²) in [5.74, 6) is 0.423. The number of nitrogens with one attached hydrogen (secondary N) is 2. The second kappa shape index (κ2) is 7.97. The largest absolute Gasteiger partial charge is 0.496 e. The number of benzene rings is 2. The molecule has 4 nitrogen and oxygen atoms in total. The number of anilines is 1. The summed E-state index contributed by atoms with van der Waals surface area (Å²) in [5, 5.41) is 5.35. The first-order valence-corrected chi connectivity index (χ1v) is 7.92. The maximum Gasteiger partial charge on any atom is 0.319 e. The lowest BCUT2D eigenvalue weighted by Crippen LogP contribution is -2.30. The number of urea groups is 1. The number of halogens is 2. The Hall–Kier alpha value is -2.08. The molecule has 0 saturated carbocycles. The molecular formula is C17H18BrFN2O2. The Labute approximate surface area is 143 Å². The van der Waals surface area contributed by atoms with Crippen molar-refractivity contribution in [3.63, 3.8) is 0 Å². The van der Waals surface area contributed by atoms with Crippen molar-refractivity contribution in [2.24, 2.45) is 0 Å². The summed E-state index contributed by atoms with van der Waals surface area (Å²) < 4.78 is 19.5. The van der Waals surface area contributed by atoms with Gasteiger partial charge in [-0.05, 0) is 64.7 Å². The third kappa shape index (κ3) is 4.96. The number of carbonyl (C=O) groups excluding carboxylic acids is 1. The molecule has 0 aliphatic rings. The molecule has 6 heteroatoms. The molecule has 0 aliphatic carbocycles. The number of methoxy groups -OCH3 is 1. The molecular weight excluding hydrogens is 363 g/mol. The molecule has 122 valence electrons. The zero-order chi connectivity index (χ0) is 16.8. The summed E-state index contributed by atoms with van der Waals surface area (Å²) in [6.45, 7) is 2.14. The number of ether oxygens (including phenoxy) is 1. The Balaban J connectivity index is 1.82. The van der Waals surface area contributed by atoms with E-state index in [1.807, 2.05) is 18.2 Å². The van der Waals surface area contributed by atoms with E-state index in [1.54, 1.807) is 26.2 Å². The van der Waals surface area contributed by atoms with Crippen LogP contribution in [0, 0.1) is 12.7 Å². The first kappa shape index (κ1) is 17.3. The van der Waals surface area contributed by atoms with Crippen LogP contribution in [0.15, 0.2) is 40.9 Å². The number of hydrogen-bond acceptors (Lipinski definition) is 2. The van der Waals surface area contributed by atoms with Crippen LogP contribution in [0.5, 0.6) is 5.75 Å². The van der Waals surface area contributed by atoms with E-state index in [9.17, 15) is 9.18 Å². The number of rotatable bonds is 5. The highest BCUT2D eigenvalue weighted by molar-refractivity contribution is 9.10. The van der Waals surface area contributed by atoms with Crippen molar-refractivity contribution in [1.82, 2.24) is 5.32 Å². The third-order valence-electron chi connectivity index (χ3n) is 3.35. The molecule has 2 aromatic carbocycles. The molecule has 0 heterocycles. The van der Waals surface area contributed by atoms with Crippen molar-refractivity contribution < 1.29 is 13.9 Å². The summed E-state index contributed by atoms with van der Waals surface area (Å²) in [6, 6.07) is 10.00. The molecule has 2 rings (SSSR count). The summed E-state index contributed by atoms with van der Waals surface area (Å²) >= 11 is 3.42. The predicted molar refractivity (Wildman–Crippen MR) is 92.6 cm³/mol. The molecule has 23 heavy (non-hydrogen) atoms. The van der Waals surface area contributed by atoms with E-state index in [0.29, 0.717) is 24.2 Å².